The first-order valence-corrected chi connectivity index (χ1v) is 8.01. The minimum absolute atomic E-state index is 0.0632. The van der Waals surface area contributed by atoms with Gasteiger partial charge in [-0.05, 0) is 30.7 Å². The van der Waals surface area contributed by atoms with Crippen LogP contribution in [-0.2, 0) is 5.41 Å². The predicted molar refractivity (Wildman–Crippen MR) is 101 cm³/mol. The highest BCUT2D eigenvalue weighted by Gasteiger charge is 2.34. The molecule has 6 heteroatoms. The summed E-state index contributed by atoms with van der Waals surface area (Å²) in [5, 5.41) is 16.9. The molecule has 0 saturated heterocycles. The highest BCUT2D eigenvalue weighted by atomic mass is 16.6. The van der Waals surface area contributed by atoms with Gasteiger partial charge in [0.25, 0.3) is 5.69 Å². The summed E-state index contributed by atoms with van der Waals surface area (Å²) in [7, 11) is 1.80. The molecule has 3 rings (SSSR count). The Morgan fingerprint density at radius 1 is 1.20 bits per heavy atom. The van der Waals surface area contributed by atoms with Crippen LogP contribution in [0.25, 0.3) is 0 Å². The van der Waals surface area contributed by atoms with Crippen molar-refractivity contribution in [3.05, 3.63) is 63.7 Å². The molecule has 0 fully saturated rings. The molecule has 0 amide bonds. The molecule has 0 aliphatic carbocycles. The summed E-state index contributed by atoms with van der Waals surface area (Å²) in [6.07, 6.45) is 1.76. The summed E-state index contributed by atoms with van der Waals surface area (Å²) < 4.78 is 0. The van der Waals surface area contributed by atoms with Crippen LogP contribution in [0, 0.1) is 17.0 Å². The molecule has 128 valence electrons. The Labute approximate surface area is 146 Å². The summed E-state index contributed by atoms with van der Waals surface area (Å²) in [6, 6.07) is 12.5. The van der Waals surface area contributed by atoms with E-state index in [9.17, 15) is 10.1 Å². The number of aliphatic imine (C=N–C) groups is 1. The third kappa shape index (κ3) is 3.15. The molecule has 0 N–H and O–H groups in total. The Kier molecular flexibility index (Phi) is 4.12. The fourth-order valence-corrected chi connectivity index (χ4v) is 2.84. The van der Waals surface area contributed by atoms with Crippen LogP contribution in [-0.4, -0.2) is 23.9 Å². The van der Waals surface area contributed by atoms with Crippen LogP contribution in [0.4, 0.5) is 17.1 Å². The van der Waals surface area contributed by atoms with Gasteiger partial charge in [-0.1, -0.05) is 31.5 Å². The maximum absolute atomic E-state index is 10.7. The van der Waals surface area contributed by atoms with E-state index in [1.807, 2.05) is 6.07 Å². The third-order valence-corrected chi connectivity index (χ3v) is 4.49. The van der Waals surface area contributed by atoms with Crippen LogP contribution in [0.3, 0.4) is 0 Å². The van der Waals surface area contributed by atoms with E-state index in [2.05, 4.69) is 38.0 Å². The van der Waals surface area contributed by atoms with Crippen molar-refractivity contribution in [3.8, 4) is 0 Å². The zero-order valence-corrected chi connectivity index (χ0v) is 14.7. The molecule has 0 aromatic heterocycles. The molecule has 1 aliphatic heterocycles. The summed E-state index contributed by atoms with van der Waals surface area (Å²) >= 11 is 0. The second kappa shape index (κ2) is 6.12. The molecule has 2 aromatic rings. The van der Waals surface area contributed by atoms with Crippen molar-refractivity contribution in [2.75, 3.05) is 12.1 Å². The van der Waals surface area contributed by atoms with E-state index in [1.54, 1.807) is 30.4 Å². The second-order valence-electron chi connectivity index (χ2n) is 6.68. The van der Waals surface area contributed by atoms with Crippen molar-refractivity contribution in [1.82, 2.24) is 0 Å². The smallest absolute Gasteiger partial charge is 0.269 e. The number of anilines is 1. The Morgan fingerprint density at radius 3 is 2.52 bits per heavy atom. The fourth-order valence-electron chi connectivity index (χ4n) is 2.84. The van der Waals surface area contributed by atoms with Gasteiger partial charge in [0.15, 0.2) is 0 Å². The molecule has 0 atom stereocenters. The van der Waals surface area contributed by atoms with E-state index < -0.39 is 4.92 Å². The minimum atomic E-state index is -0.415. The molecule has 25 heavy (non-hydrogen) atoms. The van der Waals surface area contributed by atoms with E-state index in [-0.39, 0.29) is 11.1 Å². The standard InChI is InChI=1S/C19H20N4O2/c1-13-5-10-17-16(11-13)19(2,3)18(21-17)12-20-22(4)14-6-8-15(9-7-14)23(24)25/h5-12H,1-4H3. The van der Waals surface area contributed by atoms with Crippen molar-refractivity contribution in [2.45, 2.75) is 26.2 Å². The number of nitrogens with zero attached hydrogens (tertiary/aromatic N) is 4. The van der Waals surface area contributed by atoms with Gasteiger partial charge in [0.2, 0.25) is 0 Å². The van der Waals surface area contributed by atoms with Gasteiger partial charge >= 0.3 is 0 Å². The van der Waals surface area contributed by atoms with Crippen LogP contribution < -0.4 is 5.01 Å². The SMILES string of the molecule is Cc1ccc2c(c1)C(C)(C)C(C=NN(C)c1ccc([N+](=O)[O-])cc1)=N2. The average Bonchev–Trinajstić information content (AvgIpc) is 2.83. The first kappa shape index (κ1) is 16.8. The van der Waals surface area contributed by atoms with E-state index in [0.29, 0.717) is 0 Å². The van der Waals surface area contributed by atoms with E-state index in [1.165, 1.54) is 23.3 Å². The maximum atomic E-state index is 10.7. The number of fused-ring (bicyclic) bond motifs is 1. The topological polar surface area (TPSA) is 71.1 Å². The fraction of sp³-hybridized carbons (Fsp3) is 0.263. The zero-order chi connectivity index (χ0) is 18.2. The molecule has 0 unspecified atom stereocenters. The van der Waals surface area contributed by atoms with Crippen molar-refractivity contribution in [2.24, 2.45) is 10.1 Å². The van der Waals surface area contributed by atoms with Crippen LogP contribution in [0.2, 0.25) is 0 Å². The summed E-state index contributed by atoms with van der Waals surface area (Å²) in [5.41, 5.74) is 4.91. The predicted octanol–water partition coefficient (Wildman–Crippen LogP) is 4.39. The first-order chi connectivity index (χ1) is 11.8. The van der Waals surface area contributed by atoms with Gasteiger partial charge in [-0.2, -0.15) is 5.10 Å². The lowest BCUT2D eigenvalue weighted by Gasteiger charge is -2.21. The highest BCUT2D eigenvalue weighted by molar-refractivity contribution is 6.36. The van der Waals surface area contributed by atoms with Crippen molar-refractivity contribution in [1.29, 1.82) is 0 Å². The number of hydrogen-bond acceptors (Lipinski definition) is 5. The second-order valence-corrected chi connectivity index (χ2v) is 6.68. The number of rotatable bonds is 4. The Bertz CT molecular complexity index is 883. The lowest BCUT2D eigenvalue weighted by atomic mass is 9.81. The van der Waals surface area contributed by atoms with Gasteiger partial charge in [-0.3, -0.25) is 20.1 Å². The largest absolute Gasteiger partial charge is 0.269 e. The molecule has 1 aliphatic rings. The van der Waals surface area contributed by atoms with Gasteiger partial charge in [0.1, 0.15) is 0 Å². The molecule has 0 spiro atoms. The van der Waals surface area contributed by atoms with Crippen LogP contribution >= 0.6 is 0 Å². The Morgan fingerprint density at radius 2 is 1.88 bits per heavy atom. The highest BCUT2D eigenvalue weighted by Crippen LogP contribution is 2.39. The van der Waals surface area contributed by atoms with Gasteiger partial charge in [0.05, 0.1) is 28.2 Å². The molecular formula is C19H20N4O2. The van der Waals surface area contributed by atoms with Crippen LogP contribution in [0.15, 0.2) is 52.6 Å². The van der Waals surface area contributed by atoms with Gasteiger partial charge < -0.3 is 0 Å². The molecule has 0 saturated carbocycles. The third-order valence-electron chi connectivity index (χ3n) is 4.49. The Hall–Kier alpha value is -3.02. The maximum Gasteiger partial charge on any atom is 0.269 e. The number of non-ortho nitro benzene ring substituents is 1. The number of benzene rings is 2. The van der Waals surface area contributed by atoms with Gasteiger partial charge in [-0.25, -0.2) is 0 Å². The number of hydrogen-bond donors (Lipinski definition) is 0. The number of nitro groups is 1. The lowest BCUT2D eigenvalue weighted by molar-refractivity contribution is -0.384. The quantitative estimate of drug-likeness (QED) is 0.472. The summed E-state index contributed by atoms with van der Waals surface area (Å²) in [6.45, 7) is 6.34. The lowest BCUT2D eigenvalue weighted by Crippen LogP contribution is -2.27. The van der Waals surface area contributed by atoms with Crippen molar-refractivity contribution >= 4 is 29.0 Å². The average molecular weight is 336 g/mol. The van der Waals surface area contributed by atoms with Crippen LogP contribution in [0.5, 0.6) is 0 Å². The van der Waals surface area contributed by atoms with Crippen molar-refractivity contribution in [3.63, 3.8) is 0 Å². The minimum Gasteiger partial charge on any atom is -0.269 e. The number of aryl methyl sites for hydroxylation is 1. The van der Waals surface area contributed by atoms with E-state index in [4.69, 9.17) is 4.99 Å². The van der Waals surface area contributed by atoms with Crippen molar-refractivity contribution < 1.29 is 4.92 Å². The molecule has 2 aromatic carbocycles. The summed E-state index contributed by atoms with van der Waals surface area (Å²) in [4.78, 5) is 15.0. The molecule has 0 radical (unpaired) electrons. The Balaban J connectivity index is 1.81. The van der Waals surface area contributed by atoms with Gasteiger partial charge in [0, 0.05) is 24.6 Å². The zero-order valence-electron chi connectivity index (χ0n) is 14.7. The normalized spacial score (nSPS) is 15.1. The first-order valence-electron chi connectivity index (χ1n) is 8.01. The molecule has 6 nitrogen and oxygen atoms in total. The number of nitro benzene ring substituents is 1. The summed E-state index contributed by atoms with van der Waals surface area (Å²) in [5.74, 6) is 0. The molecule has 1 heterocycles. The van der Waals surface area contributed by atoms with Gasteiger partial charge in [-0.15, -0.1) is 0 Å². The van der Waals surface area contributed by atoms with Crippen LogP contribution in [0.1, 0.15) is 25.0 Å². The van der Waals surface area contributed by atoms with E-state index in [0.717, 1.165) is 17.1 Å². The number of hydrazone groups is 1. The van der Waals surface area contributed by atoms with E-state index >= 15 is 0 Å². The monoisotopic (exact) mass is 336 g/mol. The molecular weight excluding hydrogens is 316 g/mol. The molecule has 0 bridgehead atoms.